The van der Waals surface area contributed by atoms with Gasteiger partial charge in [-0.15, -0.1) is 10.2 Å². The van der Waals surface area contributed by atoms with Crippen LogP contribution >= 0.6 is 11.8 Å². The second-order valence-electron chi connectivity index (χ2n) is 6.26. The normalized spacial score (nSPS) is 15.2. The second-order valence-corrected chi connectivity index (χ2v) is 7.33. The molecular weight excluding hydrogens is 344 g/mol. The van der Waals surface area contributed by atoms with E-state index in [9.17, 15) is 4.79 Å². The molecule has 1 aliphatic heterocycles. The van der Waals surface area contributed by atoms with Crippen LogP contribution in [0.15, 0.2) is 72.1 Å². The van der Waals surface area contributed by atoms with E-state index in [1.54, 1.807) is 6.33 Å². The molecule has 0 radical (unpaired) electrons. The van der Waals surface area contributed by atoms with Crippen molar-refractivity contribution in [1.82, 2.24) is 19.7 Å². The Balaban J connectivity index is 1.66. The Morgan fingerprint density at radius 1 is 0.962 bits per heavy atom. The molecule has 6 heteroatoms. The summed E-state index contributed by atoms with van der Waals surface area (Å²) in [6.45, 7) is 1.68. The van der Waals surface area contributed by atoms with Gasteiger partial charge in [-0.05, 0) is 30.5 Å². The van der Waals surface area contributed by atoms with Crippen molar-refractivity contribution in [3.63, 3.8) is 0 Å². The number of para-hydroxylation sites is 1. The third kappa shape index (κ3) is 3.51. The van der Waals surface area contributed by atoms with Crippen LogP contribution in [0.5, 0.6) is 0 Å². The maximum absolute atomic E-state index is 13.2. The molecule has 0 spiro atoms. The summed E-state index contributed by atoms with van der Waals surface area (Å²) in [5.74, 6) is 0.154. The number of rotatable bonds is 5. The van der Waals surface area contributed by atoms with Gasteiger partial charge >= 0.3 is 0 Å². The van der Waals surface area contributed by atoms with Gasteiger partial charge in [-0.25, -0.2) is 0 Å². The van der Waals surface area contributed by atoms with Gasteiger partial charge in [0.05, 0.1) is 0 Å². The zero-order valence-electron chi connectivity index (χ0n) is 14.4. The van der Waals surface area contributed by atoms with E-state index in [4.69, 9.17) is 0 Å². The van der Waals surface area contributed by atoms with E-state index in [0.29, 0.717) is 0 Å². The quantitative estimate of drug-likeness (QED) is 0.648. The summed E-state index contributed by atoms with van der Waals surface area (Å²) < 4.78 is 1.93. The van der Waals surface area contributed by atoms with Gasteiger partial charge in [0, 0.05) is 18.8 Å². The summed E-state index contributed by atoms with van der Waals surface area (Å²) in [6, 6.07) is 19.9. The predicted octanol–water partition coefficient (Wildman–Crippen LogP) is 3.72. The number of carbonyl (C=O) groups is 1. The topological polar surface area (TPSA) is 51.0 Å². The molecule has 5 nitrogen and oxygen atoms in total. The summed E-state index contributed by atoms with van der Waals surface area (Å²) >= 11 is 1.46. The molecule has 0 saturated carbocycles. The number of aromatic nitrogens is 3. The number of carbonyl (C=O) groups excluding carboxylic acids is 1. The molecule has 132 valence electrons. The number of amides is 1. The first-order valence-corrected chi connectivity index (χ1v) is 9.67. The second kappa shape index (κ2) is 7.74. The number of benzene rings is 2. The molecule has 1 fully saturated rings. The van der Waals surface area contributed by atoms with E-state index in [1.165, 1.54) is 11.8 Å². The Bertz CT molecular complexity index is 860. The highest BCUT2D eigenvalue weighted by atomic mass is 32.2. The zero-order chi connectivity index (χ0) is 17.8. The molecule has 0 N–H and O–H groups in total. The van der Waals surface area contributed by atoms with E-state index in [0.717, 1.165) is 42.3 Å². The molecule has 0 unspecified atom stereocenters. The van der Waals surface area contributed by atoms with Crippen molar-refractivity contribution >= 4 is 17.7 Å². The van der Waals surface area contributed by atoms with Crippen LogP contribution in [-0.4, -0.2) is 38.7 Å². The molecule has 26 heavy (non-hydrogen) atoms. The van der Waals surface area contributed by atoms with Gasteiger partial charge in [-0.3, -0.25) is 9.36 Å². The highest BCUT2D eigenvalue weighted by Gasteiger charge is 2.30. The van der Waals surface area contributed by atoms with Crippen LogP contribution in [0.4, 0.5) is 0 Å². The van der Waals surface area contributed by atoms with Crippen LogP contribution in [0.25, 0.3) is 5.69 Å². The molecule has 3 aromatic rings. The molecule has 2 heterocycles. The van der Waals surface area contributed by atoms with Gasteiger partial charge in [0.2, 0.25) is 5.91 Å². The lowest BCUT2D eigenvalue weighted by Gasteiger charge is -2.23. The van der Waals surface area contributed by atoms with Crippen molar-refractivity contribution in [2.24, 2.45) is 0 Å². The fourth-order valence-electron chi connectivity index (χ4n) is 3.17. The Hall–Kier alpha value is -2.60. The van der Waals surface area contributed by atoms with E-state index in [1.807, 2.05) is 70.1 Å². The Kier molecular flexibility index (Phi) is 5.02. The van der Waals surface area contributed by atoms with Crippen LogP contribution in [0, 0.1) is 0 Å². The van der Waals surface area contributed by atoms with Crippen molar-refractivity contribution in [2.75, 3.05) is 13.1 Å². The Labute approximate surface area is 157 Å². The zero-order valence-corrected chi connectivity index (χ0v) is 15.2. The lowest BCUT2D eigenvalue weighted by molar-refractivity contribution is -0.129. The number of thioether (sulfide) groups is 1. The summed E-state index contributed by atoms with van der Waals surface area (Å²) in [5.41, 5.74) is 1.98. The van der Waals surface area contributed by atoms with Crippen molar-refractivity contribution < 1.29 is 4.79 Å². The molecule has 0 aliphatic carbocycles. The molecule has 1 aliphatic rings. The van der Waals surface area contributed by atoms with Crippen LogP contribution < -0.4 is 0 Å². The van der Waals surface area contributed by atoms with Gasteiger partial charge in [-0.2, -0.15) is 0 Å². The molecule has 4 rings (SSSR count). The number of nitrogens with zero attached hydrogens (tertiary/aromatic N) is 4. The standard InChI is InChI=1S/C20H20N4OS/c25-19(23-13-7-8-14-23)18(16-9-3-1-4-10-16)26-20-22-21-15-24(20)17-11-5-2-6-12-17/h1-6,9-12,15,18H,7-8,13-14H2/t18-/m0/s1. The summed E-state index contributed by atoms with van der Waals surface area (Å²) in [5, 5.41) is 8.74. The molecule has 1 saturated heterocycles. The van der Waals surface area contributed by atoms with E-state index in [2.05, 4.69) is 10.2 Å². The number of hydrogen-bond donors (Lipinski definition) is 0. The smallest absolute Gasteiger partial charge is 0.240 e. The Morgan fingerprint density at radius 3 is 2.31 bits per heavy atom. The summed E-state index contributed by atoms with van der Waals surface area (Å²) in [7, 11) is 0. The SMILES string of the molecule is O=C([C@@H](Sc1nncn1-c1ccccc1)c1ccccc1)N1CCCC1. The monoisotopic (exact) mass is 364 g/mol. The lowest BCUT2D eigenvalue weighted by Crippen LogP contribution is -2.31. The van der Waals surface area contributed by atoms with Gasteiger partial charge in [-0.1, -0.05) is 60.3 Å². The van der Waals surface area contributed by atoms with Gasteiger partial charge in [0.15, 0.2) is 5.16 Å². The number of likely N-dealkylation sites (tertiary alicyclic amines) is 1. The van der Waals surface area contributed by atoms with E-state index in [-0.39, 0.29) is 11.2 Å². The van der Waals surface area contributed by atoms with Crippen molar-refractivity contribution in [1.29, 1.82) is 0 Å². The first kappa shape index (κ1) is 16.8. The lowest BCUT2D eigenvalue weighted by atomic mass is 10.1. The molecule has 1 aromatic heterocycles. The van der Waals surface area contributed by atoms with E-state index < -0.39 is 0 Å². The minimum atomic E-state index is -0.319. The molecule has 0 bridgehead atoms. The first-order chi connectivity index (χ1) is 12.8. The average Bonchev–Trinajstić information content (AvgIpc) is 3.39. The van der Waals surface area contributed by atoms with E-state index >= 15 is 0 Å². The highest BCUT2D eigenvalue weighted by Crippen LogP contribution is 2.37. The third-order valence-electron chi connectivity index (χ3n) is 4.52. The maximum atomic E-state index is 13.2. The first-order valence-electron chi connectivity index (χ1n) is 8.79. The van der Waals surface area contributed by atoms with Gasteiger partial charge in [0.25, 0.3) is 0 Å². The highest BCUT2D eigenvalue weighted by molar-refractivity contribution is 8.00. The number of hydrogen-bond acceptors (Lipinski definition) is 4. The van der Waals surface area contributed by atoms with Gasteiger partial charge < -0.3 is 4.90 Å². The van der Waals surface area contributed by atoms with Crippen LogP contribution in [-0.2, 0) is 4.79 Å². The molecular formula is C20H20N4OS. The molecule has 2 aromatic carbocycles. The minimum absolute atomic E-state index is 0.154. The third-order valence-corrected chi connectivity index (χ3v) is 5.72. The van der Waals surface area contributed by atoms with Crippen molar-refractivity contribution in [3.8, 4) is 5.69 Å². The molecule has 1 amide bonds. The average molecular weight is 364 g/mol. The van der Waals surface area contributed by atoms with Crippen molar-refractivity contribution in [3.05, 3.63) is 72.6 Å². The fourth-order valence-corrected chi connectivity index (χ4v) is 4.28. The molecule has 1 atom stereocenters. The van der Waals surface area contributed by atoms with Crippen LogP contribution in [0.2, 0.25) is 0 Å². The summed E-state index contributed by atoms with van der Waals surface area (Å²) in [4.78, 5) is 15.1. The minimum Gasteiger partial charge on any atom is -0.341 e. The maximum Gasteiger partial charge on any atom is 0.240 e. The largest absolute Gasteiger partial charge is 0.341 e. The Morgan fingerprint density at radius 2 is 1.62 bits per heavy atom. The van der Waals surface area contributed by atoms with Gasteiger partial charge in [0.1, 0.15) is 11.6 Å². The van der Waals surface area contributed by atoms with Crippen LogP contribution in [0.1, 0.15) is 23.7 Å². The van der Waals surface area contributed by atoms with Crippen molar-refractivity contribution in [2.45, 2.75) is 23.2 Å². The summed E-state index contributed by atoms with van der Waals surface area (Å²) in [6.07, 6.45) is 3.86. The fraction of sp³-hybridized carbons (Fsp3) is 0.250. The van der Waals surface area contributed by atoms with Crippen LogP contribution in [0.3, 0.4) is 0 Å². The predicted molar refractivity (Wildman–Crippen MR) is 102 cm³/mol.